The maximum atomic E-state index is 12.9. The van der Waals surface area contributed by atoms with Crippen LogP contribution in [0.25, 0.3) is 5.88 Å². The number of nitriles is 1. The van der Waals surface area contributed by atoms with Gasteiger partial charge in [0.05, 0.1) is 6.61 Å². The summed E-state index contributed by atoms with van der Waals surface area (Å²) >= 11 is 0. The smallest absolute Gasteiger partial charge is 0.260 e. The Morgan fingerprint density at radius 2 is 2.11 bits per heavy atom. The Kier molecular flexibility index (Phi) is 5.00. The van der Waals surface area contributed by atoms with Crippen LogP contribution in [0.2, 0.25) is 0 Å². The molecule has 2 heterocycles. The van der Waals surface area contributed by atoms with Gasteiger partial charge in [0.2, 0.25) is 5.88 Å². The highest BCUT2D eigenvalue weighted by Crippen LogP contribution is 2.29. The average Bonchev–Trinajstić information content (AvgIpc) is 3.22. The summed E-state index contributed by atoms with van der Waals surface area (Å²) in [4.78, 5) is 12.9. The lowest BCUT2D eigenvalue weighted by Crippen LogP contribution is -2.14. The van der Waals surface area contributed by atoms with Gasteiger partial charge in [-0.05, 0) is 55.5 Å². The van der Waals surface area contributed by atoms with Gasteiger partial charge >= 0.3 is 0 Å². The number of hydrogen-bond acceptors (Lipinski definition) is 4. The molecule has 3 aromatic rings. The van der Waals surface area contributed by atoms with E-state index >= 15 is 0 Å². The first-order valence-electron chi connectivity index (χ1n) is 9.30. The van der Waals surface area contributed by atoms with Crippen LogP contribution < -0.4 is 5.32 Å². The Hall–Kier alpha value is -3.30. The molecule has 6 heteroatoms. The summed E-state index contributed by atoms with van der Waals surface area (Å²) in [5.41, 5.74) is 2.12. The van der Waals surface area contributed by atoms with Crippen LogP contribution >= 0.6 is 0 Å². The molecule has 142 valence electrons. The van der Waals surface area contributed by atoms with Crippen molar-refractivity contribution in [2.24, 2.45) is 5.92 Å². The lowest BCUT2D eigenvalue weighted by atomic mass is 10.1. The van der Waals surface area contributed by atoms with Gasteiger partial charge in [-0.3, -0.25) is 9.36 Å². The monoisotopic (exact) mass is 375 g/mol. The molecular weight excluding hydrogens is 354 g/mol. The minimum Gasteiger partial charge on any atom is -0.443 e. The number of carbonyl (C=O) groups excluding carboxylic acids is 1. The number of anilines is 1. The normalized spacial score (nSPS) is 13.3. The minimum atomic E-state index is -0.368. The number of amides is 1. The minimum absolute atomic E-state index is 0.218. The van der Waals surface area contributed by atoms with E-state index in [0.29, 0.717) is 29.9 Å². The molecule has 2 aromatic heterocycles. The van der Waals surface area contributed by atoms with E-state index in [1.807, 2.05) is 36.4 Å². The van der Waals surface area contributed by atoms with Crippen molar-refractivity contribution in [3.05, 3.63) is 71.2 Å². The number of nitrogens with zero attached hydrogens (tertiary/aromatic N) is 2. The molecule has 1 aliphatic rings. The number of furan rings is 1. The Morgan fingerprint density at radius 1 is 1.32 bits per heavy atom. The summed E-state index contributed by atoms with van der Waals surface area (Å²) in [6.45, 7) is 3.00. The Balaban J connectivity index is 1.51. The molecule has 0 unspecified atom stereocenters. The lowest BCUT2D eigenvalue weighted by molar-refractivity contribution is 0.102. The molecule has 1 aliphatic carbocycles. The van der Waals surface area contributed by atoms with Crippen molar-refractivity contribution in [1.29, 1.82) is 5.26 Å². The summed E-state index contributed by atoms with van der Waals surface area (Å²) in [5, 5.41) is 12.5. The summed E-state index contributed by atoms with van der Waals surface area (Å²) < 4.78 is 13.1. The molecule has 1 N–H and O–H groups in total. The SMILES string of the molecule is Cc1oc(-n2cccc2)c(C#N)c1C(=O)Nc1cccc(COCC2CC2)c1. The van der Waals surface area contributed by atoms with Crippen molar-refractivity contribution >= 4 is 11.6 Å². The first-order valence-corrected chi connectivity index (χ1v) is 9.30. The molecule has 0 spiro atoms. The van der Waals surface area contributed by atoms with Crippen molar-refractivity contribution in [3.8, 4) is 12.0 Å². The van der Waals surface area contributed by atoms with Gasteiger partial charge in [0.1, 0.15) is 23.0 Å². The van der Waals surface area contributed by atoms with E-state index in [1.165, 1.54) is 12.8 Å². The van der Waals surface area contributed by atoms with Crippen LogP contribution in [0.1, 0.15) is 40.1 Å². The zero-order chi connectivity index (χ0) is 19.5. The van der Waals surface area contributed by atoms with Gasteiger partial charge in [-0.25, -0.2) is 0 Å². The molecule has 0 saturated heterocycles. The zero-order valence-corrected chi connectivity index (χ0v) is 15.6. The first-order chi connectivity index (χ1) is 13.7. The van der Waals surface area contributed by atoms with E-state index in [1.54, 1.807) is 23.9 Å². The molecule has 0 bridgehead atoms. The molecule has 28 heavy (non-hydrogen) atoms. The van der Waals surface area contributed by atoms with Crippen molar-refractivity contribution < 1.29 is 13.9 Å². The number of aromatic nitrogens is 1. The first kappa shape index (κ1) is 18.1. The van der Waals surface area contributed by atoms with Crippen LogP contribution in [0.5, 0.6) is 0 Å². The number of benzene rings is 1. The van der Waals surface area contributed by atoms with Crippen LogP contribution in [-0.2, 0) is 11.3 Å². The molecule has 4 rings (SSSR count). The number of nitrogens with one attached hydrogen (secondary N) is 1. The fraction of sp³-hybridized carbons (Fsp3) is 0.273. The van der Waals surface area contributed by atoms with E-state index < -0.39 is 0 Å². The molecular formula is C22H21N3O3. The van der Waals surface area contributed by atoms with Gasteiger partial charge in [-0.1, -0.05) is 12.1 Å². The molecule has 0 radical (unpaired) electrons. The standard InChI is InChI=1S/C22H21N3O3/c1-15-20(19(12-23)22(28-15)25-9-2-3-10-25)21(26)24-18-6-4-5-17(11-18)14-27-13-16-7-8-16/h2-6,9-11,16H,7-8,13-14H2,1H3,(H,24,26). The number of aryl methyl sites for hydroxylation is 1. The third kappa shape index (κ3) is 3.85. The van der Waals surface area contributed by atoms with E-state index in [0.717, 1.165) is 12.2 Å². The number of hydrogen-bond donors (Lipinski definition) is 1. The van der Waals surface area contributed by atoms with Gasteiger partial charge in [0, 0.05) is 24.7 Å². The number of carbonyl (C=O) groups is 1. The quantitative estimate of drug-likeness (QED) is 0.662. The van der Waals surface area contributed by atoms with Gasteiger partial charge in [-0.2, -0.15) is 5.26 Å². The van der Waals surface area contributed by atoms with Crippen molar-refractivity contribution in [3.63, 3.8) is 0 Å². The predicted molar refractivity (Wildman–Crippen MR) is 104 cm³/mol. The van der Waals surface area contributed by atoms with Crippen molar-refractivity contribution in [2.75, 3.05) is 11.9 Å². The highest BCUT2D eigenvalue weighted by Gasteiger charge is 2.25. The van der Waals surface area contributed by atoms with Gasteiger partial charge in [0.15, 0.2) is 0 Å². The summed E-state index contributed by atoms with van der Waals surface area (Å²) in [5.74, 6) is 1.09. The van der Waals surface area contributed by atoms with E-state index in [4.69, 9.17) is 9.15 Å². The average molecular weight is 375 g/mol. The maximum absolute atomic E-state index is 12.9. The molecule has 1 aromatic carbocycles. The van der Waals surface area contributed by atoms with Gasteiger partial charge < -0.3 is 14.5 Å². The third-order valence-electron chi connectivity index (χ3n) is 4.75. The van der Waals surface area contributed by atoms with Crippen LogP contribution in [0.15, 0.2) is 53.2 Å². The molecule has 1 amide bonds. The molecule has 6 nitrogen and oxygen atoms in total. The Morgan fingerprint density at radius 3 is 2.82 bits per heavy atom. The molecule has 0 aliphatic heterocycles. The van der Waals surface area contributed by atoms with Gasteiger partial charge in [0.25, 0.3) is 5.91 Å². The van der Waals surface area contributed by atoms with E-state index in [2.05, 4.69) is 11.4 Å². The Bertz CT molecular complexity index is 1020. The fourth-order valence-electron chi connectivity index (χ4n) is 3.12. The van der Waals surface area contributed by atoms with Crippen molar-refractivity contribution in [1.82, 2.24) is 4.57 Å². The molecule has 1 saturated carbocycles. The van der Waals surface area contributed by atoms with Crippen LogP contribution in [0.4, 0.5) is 5.69 Å². The Labute approximate surface area is 163 Å². The van der Waals surface area contributed by atoms with Crippen molar-refractivity contribution in [2.45, 2.75) is 26.4 Å². The summed E-state index contributed by atoms with van der Waals surface area (Å²) in [7, 11) is 0. The van der Waals surface area contributed by atoms with Crippen LogP contribution in [-0.4, -0.2) is 17.1 Å². The van der Waals surface area contributed by atoms with Gasteiger partial charge in [-0.15, -0.1) is 0 Å². The number of ether oxygens (including phenoxy) is 1. The third-order valence-corrected chi connectivity index (χ3v) is 4.75. The zero-order valence-electron chi connectivity index (χ0n) is 15.6. The summed E-state index contributed by atoms with van der Waals surface area (Å²) in [6, 6.07) is 13.3. The largest absolute Gasteiger partial charge is 0.443 e. The number of rotatable bonds is 7. The van der Waals surface area contributed by atoms with E-state index in [9.17, 15) is 10.1 Å². The highest BCUT2D eigenvalue weighted by atomic mass is 16.5. The van der Waals surface area contributed by atoms with Crippen LogP contribution in [0, 0.1) is 24.2 Å². The molecule has 0 atom stereocenters. The highest BCUT2D eigenvalue weighted by molar-refractivity contribution is 6.07. The van der Waals surface area contributed by atoms with E-state index in [-0.39, 0.29) is 17.0 Å². The lowest BCUT2D eigenvalue weighted by Gasteiger charge is -2.08. The second-order valence-corrected chi connectivity index (χ2v) is 7.03. The molecule has 1 fully saturated rings. The predicted octanol–water partition coefficient (Wildman–Crippen LogP) is 4.43. The summed E-state index contributed by atoms with van der Waals surface area (Å²) in [6.07, 6.45) is 6.05. The second kappa shape index (κ2) is 7.75. The maximum Gasteiger partial charge on any atom is 0.260 e. The van der Waals surface area contributed by atoms with Crippen LogP contribution in [0.3, 0.4) is 0 Å². The fourth-order valence-corrected chi connectivity index (χ4v) is 3.12. The second-order valence-electron chi connectivity index (χ2n) is 7.03. The topological polar surface area (TPSA) is 80.2 Å².